The molecule has 26 heavy (non-hydrogen) atoms. The Kier molecular flexibility index (Phi) is 20.4. The summed E-state index contributed by atoms with van der Waals surface area (Å²) in [6.45, 7) is 4.88. The van der Waals surface area contributed by atoms with E-state index in [-0.39, 0.29) is 36.1 Å². The Balaban J connectivity index is 0. The van der Waals surface area contributed by atoms with Crippen molar-refractivity contribution in [2.24, 2.45) is 4.99 Å². The van der Waals surface area contributed by atoms with Gasteiger partial charge in [0.25, 0.3) is 0 Å². The number of aliphatic imine (C=N–C) groups is 1. The topological polar surface area (TPSA) is 93.0 Å². The molecule has 6 nitrogen and oxygen atoms in total. The number of hydrogen-bond donors (Lipinski definition) is 1. The molecule has 0 aromatic rings. The maximum absolute atomic E-state index is 10.7. The fourth-order valence-corrected chi connectivity index (χ4v) is 2.87. The molecule has 146 valence electrons. The average Bonchev–Trinajstić information content (AvgIpc) is 2.95. The van der Waals surface area contributed by atoms with Crippen molar-refractivity contribution in [1.29, 1.82) is 0 Å². The predicted molar refractivity (Wildman–Crippen MR) is 98.7 cm³/mol. The van der Waals surface area contributed by atoms with Gasteiger partial charge in [-0.2, -0.15) is 0 Å². The molecular formula is C19H35N2NaO4. The minimum Gasteiger partial charge on any atom is -0.550 e. The fourth-order valence-electron chi connectivity index (χ4n) is 2.87. The van der Waals surface area contributed by atoms with Gasteiger partial charge in [-0.3, -0.25) is 9.79 Å². The first kappa shape index (κ1) is 27.6. The summed E-state index contributed by atoms with van der Waals surface area (Å²) in [5, 5.41) is 17.7. The average molecular weight is 378 g/mol. The van der Waals surface area contributed by atoms with Crippen molar-refractivity contribution in [2.45, 2.75) is 84.5 Å². The van der Waals surface area contributed by atoms with E-state index in [1.165, 1.54) is 57.8 Å². The molecule has 7 heteroatoms. The number of carboxylic acids is 2. The normalized spacial score (nSPS) is 12.7. The smallest absolute Gasteiger partial charge is 0.550 e. The summed E-state index contributed by atoms with van der Waals surface area (Å²) in [5.41, 5.74) is 0. The Morgan fingerprint density at radius 1 is 1.04 bits per heavy atom. The molecule has 0 spiro atoms. The zero-order valence-corrected chi connectivity index (χ0v) is 19.0. The molecule has 1 N–H and O–H groups in total. The number of amidine groups is 1. The molecule has 0 atom stereocenters. The van der Waals surface area contributed by atoms with Crippen LogP contribution in [0, 0.1) is 0 Å². The summed E-state index contributed by atoms with van der Waals surface area (Å²) in [6.07, 6.45) is 14.2. The van der Waals surface area contributed by atoms with Gasteiger partial charge >= 0.3 is 35.5 Å². The zero-order chi connectivity index (χ0) is 18.9. The van der Waals surface area contributed by atoms with Gasteiger partial charge in [0.05, 0.1) is 12.4 Å². The van der Waals surface area contributed by atoms with Crippen molar-refractivity contribution in [3.8, 4) is 0 Å². The minimum atomic E-state index is -1.08. The van der Waals surface area contributed by atoms with E-state index < -0.39 is 11.9 Å². The van der Waals surface area contributed by atoms with Crippen LogP contribution in [0.1, 0.15) is 84.5 Å². The van der Waals surface area contributed by atoms with Crippen molar-refractivity contribution < 1.29 is 49.4 Å². The molecule has 1 heterocycles. The summed E-state index contributed by atoms with van der Waals surface area (Å²) in [6, 6.07) is 0. The SMILES string of the molecule is CC(=O)[O-].CCCCCCCCCCCCC1=NCCN1CC(=O)O.[Na+]. The van der Waals surface area contributed by atoms with E-state index >= 15 is 0 Å². The Labute approximate surface area is 180 Å². The number of nitrogens with zero attached hydrogens (tertiary/aromatic N) is 2. The van der Waals surface area contributed by atoms with Crippen LogP contribution in [-0.4, -0.2) is 47.4 Å². The van der Waals surface area contributed by atoms with Crippen LogP contribution in [0.25, 0.3) is 0 Å². The Hall–Kier alpha value is -0.590. The first-order valence-electron chi connectivity index (χ1n) is 9.65. The molecule has 0 aromatic heterocycles. The third-order valence-corrected chi connectivity index (χ3v) is 4.11. The van der Waals surface area contributed by atoms with Gasteiger partial charge in [0.15, 0.2) is 0 Å². The van der Waals surface area contributed by atoms with E-state index in [2.05, 4.69) is 11.9 Å². The van der Waals surface area contributed by atoms with Gasteiger partial charge in [-0.15, -0.1) is 0 Å². The van der Waals surface area contributed by atoms with Crippen molar-refractivity contribution >= 4 is 17.8 Å². The third-order valence-electron chi connectivity index (χ3n) is 4.11. The molecule has 0 bridgehead atoms. The molecule has 1 rings (SSSR count). The molecule has 1 aliphatic heterocycles. The van der Waals surface area contributed by atoms with Crippen LogP contribution in [0.4, 0.5) is 0 Å². The summed E-state index contributed by atoms with van der Waals surface area (Å²) in [7, 11) is 0. The third kappa shape index (κ3) is 18.2. The van der Waals surface area contributed by atoms with Crippen LogP contribution >= 0.6 is 0 Å². The first-order valence-corrected chi connectivity index (χ1v) is 9.65. The summed E-state index contributed by atoms with van der Waals surface area (Å²) in [4.78, 5) is 26.0. The minimum absolute atomic E-state index is 0. The Morgan fingerprint density at radius 2 is 1.50 bits per heavy atom. The van der Waals surface area contributed by atoms with Crippen LogP contribution < -0.4 is 34.7 Å². The molecule has 0 aromatic carbocycles. The van der Waals surface area contributed by atoms with E-state index in [4.69, 9.17) is 15.0 Å². The number of carboxylic acid groups (broad SMARTS) is 2. The van der Waals surface area contributed by atoms with Crippen LogP contribution in [0.3, 0.4) is 0 Å². The van der Waals surface area contributed by atoms with Crippen LogP contribution in [0.15, 0.2) is 4.99 Å². The quantitative estimate of drug-likeness (QED) is 0.356. The maximum atomic E-state index is 10.7. The van der Waals surface area contributed by atoms with Crippen molar-refractivity contribution in [3.05, 3.63) is 0 Å². The van der Waals surface area contributed by atoms with Gasteiger partial charge in [-0.1, -0.05) is 64.7 Å². The maximum Gasteiger partial charge on any atom is 1.00 e. The number of carbonyl (C=O) groups excluding carboxylic acids is 1. The van der Waals surface area contributed by atoms with E-state index in [1.54, 1.807) is 0 Å². The van der Waals surface area contributed by atoms with Gasteiger partial charge in [0, 0.05) is 18.9 Å². The van der Waals surface area contributed by atoms with Crippen molar-refractivity contribution in [1.82, 2.24) is 4.90 Å². The number of unbranched alkanes of at least 4 members (excludes halogenated alkanes) is 9. The molecular weight excluding hydrogens is 343 g/mol. The molecule has 0 radical (unpaired) electrons. The van der Waals surface area contributed by atoms with Crippen molar-refractivity contribution in [3.63, 3.8) is 0 Å². The van der Waals surface area contributed by atoms with E-state index in [0.29, 0.717) is 0 Å². The van der Waals surface area contributed by atoms with Gasteiger partial charge < -0.3 is 19.9 Å². The number of carbonyl (C=O) groups is 2. The van der Waals surface area contributed by atoms with E-state index in [9.17, 15) is 4.79 Å². The van der Waals surface area contributed by atoms with E-state index in [0.717, 1.165) is 38.7 Å². The second kappa shape index (κ2) is 19.2. The van der Waals surface area contributed by atoms with Gasteiger partial charge in [0.2, 0.25) is 0 Å². The van der Waals surface area contributed by atoms with Gasteiger partial charge in [0.1, 0.15) is 6.54 Å². The molecule has 1 aliphatic rings. The van der Waals surface area contributed by atoms with Gasteiger partial charge in [-0.05, 0) is 13.3 Å². The number of rotatable bonds is 13. The molecule has 0 saturated carbocycles. The molecule has 0 unspecified atom stereocenters. The Bertz CT molecular complexity index is 399. The zero-order valence-electron chi connectivity index (χ0n) is 17.0. The molecule has 0 saturated heterocycles. The van der Waals surface area contributed by atoms with Gasteiger partial charge in [-0.25, -0.2) is 0 Å². The number of hydrogen-bond acceptors (Lipinski definition) is 5. The first-order chi connectivity index (χ1) is 12.0. The van der Waals surface area contributed by atoms with Crippen LogP contribution in [0.5, 0.6) is 0 Å². The van der Waals surface area contributed by atoms with Crippen LogP contribution in [-0.2, 0) is 9.59 Å². The second-order valence-corrected chi connectivity index (χ2v) is 6.54. The summed E-state index contributed by atoms with van der Waals surface area (Å²) in [5.74, 6) is -0.829. The largest absolute Gasteiger partial charge is 1.00 e. The molecule has 0 amide bonds. The molecule has 0 aliphatic carbocycles. The second-order valence-electron chi connectivity index (χ2n) is 6.54. The van der Waals surface area contributed by atoms with E-state index in [1.807, 2.05) is 4.90 Å². The summed E-state index contributed by atoms with van der Waals surface area (Å²) >= 11 is 0. The fraction of sp³-hybridized carbons (Fsp3) is 0.842. The predicted octanol–water partition coefficient (Wildman–Crippen LogP) is -0.144. The van der Waals surface area contributed by atoms with Crippen molar-refractivity contribution in [2.75, 3.05) is 19.6 Å². The molecule has 0 fully saturated rings. The Morgan fingerprint density at radius 3 is 1.96 bits per heavy atom. The standard InChI is InChI=1S/C17H32N2O2.C2H4O2.Na/c1-2-3-4-5-6-7-8-9-10-11-12-16-18-13-14-19(16)15-17(20)21;1-2(3)4;/h2-15H2,1H3,(H,20,21);1H3,(H,3,4);/q;;+1/p-1. The monoisotopic (exact) mass is 378 g/mol. The number of aliphatic carboxylic acids is 2. The van der Waals surface area contributed by atoms with Crippen LogP contribution in [0.2, 0.25) is 0 Å². The summed E-state index contributed by atoms with van der Waals surface area (Å²) < 4.78 is 0.